The van der Waals surface area contributed by atoms with Crippen LogP contribution in [-0.2, 0) is 0 Å². The first-order valence-corrected chi connectivity index (χ1v) is 5.49. The van der Waals surface area contributed by atoms with E-state index in [0.717, 1.165) is 5.69 Å². The summed E-state index contributed by atoms with van der Waals surface area (Å²) in [4.78, 5) is 0. The molecule has 1 saturated carbocycles. The zero-order chi connectivity index (χ0) is 11.1. The van der Waals surface area contributed by atoms with E-state index in [1.165, 1.54) is 25.0 Å². The van der Waals surface area contributed by atoms with Gasteiger partial charge in [-0.2, -0.15) is 0 Å². The third-order valence-electron chi connectivity index (χ3n) is 2.66. The van der Waals surface area contributed by atoms with Crippen LogP contribution in [0.1, 0.15) is 24.5 Å². The lowest BCUT2D eigenvalue weighted by Gasteiger charge is -2.02. The van der Waals surface area contributed by atoms with Crippen LogP contribution >= 0.6 is 11.6 Å². The highest BCUT2D eigenvalue weighted by molar-refractivity contribution is 6.32. The van der Waals surface area contributed by atoms with Gasteiger partial charge in [0.25, 0.3) is 0 Å². The molecule has 0 bridgehead atoms. The van der Waals surface area contributed by atoms with Crippen molar-refractivity contribution in [1.29, 1.82) is 0 Å². The van der Waals surface area contributed by atoms with E-state index in [0.29, 0.717) is 16.6 Å². The van der Waals surface area contributed by atoms with Gasteiger partial charge in [-0.1, -0.05) is 16.8 Å². The molecule has 0 radical (unpaired) electrons. The summed E-state index contributed by atoms with van der Waals surface area (Å²) < 4.78 is 14.5. The third-order valence-corrected chi connectivity index (χ3v) is 2.97. The van der Waals surface area contributed by atoms with Gasteiger partial charge >= 0.3 is 0 Å². The molecule has 1 aromatic heterocycles. The zero-order valence-electron chi connectivity index (χ0n) is 8.40. The molecule has 1 aliphatic carbocycles. The Balaban J connectivity index is 2.00. The summed E-state index contributed by atoms with van der Waals surface area (Å²) >= 11 is 5.94. The summed E-state index contributed by atoms with van der Waals surface area (Å²) in [6.45, 7) is 0. The maximum Gasteiger partial charge on any atom is 0.124 e. The molecule has 3 rings (SSSR count). The Bertz CT molecular complexity index is 534. The molecular weight excluding hydrogens is 229 g/mol. The molecule has 0 atom stereocenters. The monoisotopic (exact) mass is 237 g/mol. The topological polar surface area (TPSA) is 30.7 Å². The predicted molar refractivity (Wildman–Crippen MR) is 58.3 cm³/mol. The Hall–Kier alpha value is -1.42. The van der Waals surface area contributed by atoms with Crippen LogP contribution in [0.25, 0.3) is 5.69 Å². The van der Waals surface area contributed by atoms with E-state index in [2.05, 4.69) is 10.3 Å². The predicted octanol–water partition coefficient (Wildman–Crippen LogP) is 2.94. The minimum Gasteiger partial charge on any atom is -0.219 e. The molecule has 0 unspecified atom stereocenters. The lowest BCUT2D eigenvalue weighted by Crippen LogP contribution is -1.96. The molecule has 82 valence electrons. The van der Waals surface area contributed by atoms with Gasteiger partial charge in [-0.05, 0) is 31.0 Å². The van der Waals surface area contributed by atoms with Crippen LogP contribution in [0, 0.1) is 5.82 Å². The number of nitrogens with zero attached hydrogens (tertiary/aromatic N) is 3. The molecule has 1 fully saturated rings. The highest BCUT2D eigenvalue weighted by Gasteiger charge is 2.26. The fourth-order valence-corrected chi connectivity index (χ4v) is 1.88. The Morgan fingerprint density at radius 1 is 1.38 bits per heavy atom. The van der Waals surface area contributed by atoms with Gasteiger partial charge in [-0.25, -0.2) is 9.07 Å². The molecule has 0 amide bonds. The van der Waals surface area contributed by atoms with Crippen molar-refractivity contribution < 1.29 is 4.39 Å². The largest absolute Gasteiger partial charge is 0.219 e. The van der Waals surface area contributed by atoms with E-state index < -0.39 is 0 Å². The Morgan fingerprint density at radius 2 is 2.19 bits per heavy atom. The van der Waals surface area contributed by atoms with Crippen molar-refractivity contribution in [2.75, 3.05) is 0 Å². The molecule has 1 aliphatic rings. The average molecular weight is 238 g/mol. The molecule has 0 N–H and O–H groups in total. The van der Waals surface area contributed by atoms with Crippen molar-refractivity contribution in [3.8, 4) is 5.69 Å². The second-order valence-corrected chi connectivity index (χ2v) is 4.37. The van der Waals surface area contributed by atoms with Gasteiger partial charge in [0.15, 0.2) is 0 Å². The molecule has 16 heavy (non-hydrogen) atoms. The van der Waals surface area contributed by atoms with Crippen LogP contribution < -0.4 is 0 Å². The quantitative estimate of drug-likeness (QED) is 0.804. The number of rotatable bonds is 2. The van der Waals surface area contributed by atoms with Crippen molar-refractivity contribution in [1.82, 2.24) is 15.0 Å². The van der Waals surface area contributed by atoms with Gasteiger partial charge in [0.05, 0.1) is 22.6 Å². The van der Waals surface area contributed by atoms with Gasteiger partial charge in [-0.3, -0.25) is 0 Å². The first-order chi connectivity index (χ1) is 7.74. The highest BCUT2D eigenvalue weighted by Crippen LogP contribution is 2.38. The third kappa shape index (κ3) is 1.69. The van der Waals surface area contributed by atoms with Crippen LogP contribution in [-0.4, -0.2) is 15.0 Å². The van der Waals surface area contributed by atoms with Gasteiger partial charge < -0.3 is 0 Å². The molecule has 0 spiro atoms. The van der Waals surface area contributed by atoms with E-state index in [9.17, 15) is 4.39 Å². The first kappa shape index (κ1) is 9.78. The number of hydrogen-bond donors (Lipinski definition) is 0. The fraction of sp³-hybridized carbons (Fsp3) is 0.273. The van der Waals surface area contributed by atoms with Crippen molar-refractivity contribution >= 4 is 11.6 Å². The first-order valence-electron chi connectivity index (χ1n) is 5.12. The number of hydrogen-bond acceptors (Lipinski definition) is 2. The molecule has 2 aromatic rings. The lowest BCUT2D eigenvalue weighted by molar-refractivity contribution is 0.627. The minimum atomic E-state index is -0.351. The SMILES string of the molecule is Fc1ccc(-n2cc(C3CC3)nn2)c(Cl)c1. The maximum absolute atomic E-state index is 12.9. The number of halogens is 2. The van der Waals surface area contributed by atoms with Gasteiger partial charge in [0, 0.05) is 5.92 Å². The smallest absolute Gasteiger partial charge is 0.124 e. The molecular formula is C11H9ClFN3. The van der Waals surface area contributed by atoms with E-state index in [1.807, 2.05) is 6.20 Å². The summed E-state index contributed by atoms with van der Waals surface area (Å²) in [6, 6.07) is 4.23. The van der Waals surface area contributed by atoms with E-state index in [4.69, 9.17) is 11.6 Å². The van der Waals surface area contributed by atoms with E-state index >= 15 is 0 Å². The highest BCUT2D eigenvalue weighted by atomic mass is 35.5. The molecule has 1 aromatic carbocycles. The second-order valence-electron chi connectivity index (χ2n) is 3.96. The van der Waals surface area contributed by atoms with Crippen LogP contribution in [0.15, 0.2) is 24.4 Å². The minimum absolute atomic E-state index is 0.340. The Kier molecular flexibility index (Phi) is 2.17. The van der Waals surface area contributed by atoms with Crippen LogP contribution in [0.3, 0.4) is 0 Å². The van der Waals surface area contributed by atoms with E-state index in [-0.39, 0.29) is 5.82 Å². The van der Waals surface area contributed by atoms with Gasteiger partial charge in [0.2, 0.25) is 0 Å². The number of aromatic nitrogens is 3. The lowest BCUT2D eigenvalue weighted by atomic mass is 10.3. The average Bonchev–Trinajstić information content (AvgIpc) is 2.98. The van der Waals surface area contributed by atoms with Gasteiger partial charge in [0.1, 0.15) is 5.82 Å². The van der Waals surface area contributed by atoms with Crippen LogP contribution in [0.2, 0.25) is 5.02 Å². The molecule has 0 saturated heterocycles. The van der Waals surface area contributed by atoms with Crippen LogP contribution in [0.5, 0.6) is 0 Å². The summed E-state index contributed by atoms with van der Waals surface area (Å²) in [5.41, 5.74) is 1.64. The maximum atomic E-state index is 12.9. The summed E-state index contributed by atoms with van der Waals surface area (Å²) in [7, 11) is 0. The van der Waals surface area contributed by atoms with Crippen molar-refractivity contribution in [2.45, 2.75) is 18.8 Å². The summed E-state index contributed by atoms with van der Waals surface area (Å²) in [5, 5.41) is 8.42. The zero-order valence-corrected chi connectivity index (χ0v) is 9.15. The van der Waals surface area contributed by atoms with E-state index in [1.54, 1.807) is 10.7 Å². The van der Waals surface area contributed by atoms with Gasteiger partial charge in [-0.15, -0.1) is 5.10 Å². The second kappa shape index (κ2) is 3.56. The van der Waals surface area contributed by atoms with Crippen molar-refractivity contribution in [3.05, 3.63) is 40.9 Å². The fourth-order valence-electron chi connectivity index (χ4n) is 1.63. The summed E-state index contributed by atoms with van der Waals surface area (Å²) in [5.74, 6) is 0.198. The molecule has 3 nitrogen and oxygen atoms in total. The Labute approximate surface area is 96.8 Å². The Morgan fingerprint density at radius 3 is 2.88 bits per heavy atom. The standard InChI is InChI=1S/C11H9ClFN3/c12-9-5-8(13)3-4-11(9)16-6-10(14-15-16)7-1-2-7/h3-7H,1-2H2. The van der Waals surface area contributed by atoms with Crippen LogP contribution in [0.4, 0.5) is 4.39 Å². The summed E-state index contributed by atoms with van der Waals surface area (Å²) in [6.07, 6.45) is 4.21. The van der Waals surface area contributed by atoms with Crippen molar-refractivity contribution in [3.63, 3.8) is 0 Å². The molecule has 5 heteroatoms. The van der Waals surface area contributed by atoms with Crippen molar-refractivity contribution in [2.24, 2.45) is 0 Å². The number of benzene rings is 1. The normalized spacial score (nSPS) is 15.4. The molecule has 0 aliphatic heterocycles. The molecule has 1 heterocycles.